The van der Waals surface area contributed by atoms with Crippen LogP contribution < -0.4 is 10.6 Å². The van der Waals surface area contributed by atoms with Crippen molar-refractivity contribution >= 4 is 73.9 Å². The number of rotatable bonds is 20. The highest BCUT2D eigenvalue weighted by Crippen LogP contribution is 2.28. The lowest BCUT2D eigenvalue weighted by Gasteiger charge is -2.28. The van der Waals surface area contributed by atoms with Crippen molar-refractivity contribution in [3.8, 4) is 0 Å². The number of aliphatic hydroxyl groups is 1. The van der Waals surface area contributed by atoms with Crippen LogP contribution in [0.3, 0.4) is 0 Å². The fourth-order valence-corrected chi connectivity index (χ4v) is 8.18. The maximum Gasteiger partial charge on any atom is 0.308 e. The zero-order chi connectivity index (χ0) is 40.7. The summed E-state index contributed by atoms with van der Waals surface area (Å²) in [7, 11) is 0. The number of anilines is 2. The molecule has 6 rings (SSSR count). The molecule has 2 saturated heterocycles. The fraction of sp³-hybridized carbons (Fsp3) is 0.500. The van der Waals surface area contributed by atoms with E-state index in [1.807, 2.05) is 0 Å². The van der Waals surface area contributed by atoms with Gasteiger partial charge in [0.1, 0.15) is 10.0 Å². The van der Waals surface area contributed by atoms with Crippen LogP contribution in [-0.2, 0) is 46.2 Å². The van der Waals surface area contributed by atoms with E-state index in [-0.39, 0.29) is 11.6 Å². The molecule has 0 spiro atoms. The number of aromatic nitrogens is 4. The summed E-state index contributed by atoms with van der Waals surface area (Å²) in [6.45, 7) is 6.66. The van der Waals surface area contributed by atoms with Gasteiger partial charge < -0.3 is 24.1 Å². The van der Waals surface area contributed by atoms with Gasteiger partial charge in [0.05, 0.1) is 32.8 Å². The minimum Gasteiger partial charge on any atom is -0.447 e. The van der Waals surface area contributed by atoms with Crippen LogP contribution >= 0.6 is 45.9 Å². The molecule has 312 valence electrons. The Labute approximate surface area is 354 Å². The molecule has 0 radical (unpaired) electrons. The normalized spacial score (nSPS) is 16.7. The number of amides is 2. The van der Waals surface area contributed by atoms with Crippen LogP contribution in [0.4, 0.5) is 10.3 Å². The predicted molar refractivity (Wildman–Crippen MR) is 219 cm³/mol. The zero-order valence-corrected chi connectivity index (χ0v) is 34.9. The minimum atomic E-state index is -1.22. The molecule has 3 atom stereocenters. The number of morpholine rings is 2. The smallest absolute Gasteiger partial charge is 0.308 e. The Balaban J connectivity index is 0.961. The Kier molecular flexibility index (Phi) is 17.1. The van der Waals surface area contributed by atoms with Crippen LogP contribution in [-0.4, -0.2) is 125 Å². The van der Waals surface area contributed by atoms with E-state index in [2.05, 4.69) is 40.8 Å². The highest BCUT2D eigenvalue weighted by molar-refractivity contribution is 7.15. The molecule has 0 aliphatic carbocycles. The van der Waals surface area contributed by atoms with Crippen molar-refractivity contribution in [1.82, 2.24) is 30.2 Å². The van der Waals surface area contributed by atoms with E-state index >= 15 is 0 Å². The summed E-state index contributed by atoms with van der Waals surface area (Å²) < 4.78 is 22.3. The Hall–Kier alpha value is -3.69. The molecule has 58 heavy (non-hydrogen) atoms. The third kappa shape index (κ3) is 14.0. The molecule has 0 saturated carbocycles. The Morgan fingerprint density at radius 1 is 0.741 bits per heavy atom. The van der Waals surface area contributed by atoms with E-state index in [4.69, 9.17) is 42.1 Å². The van der Waals surface area contributed by atoms with Crippen molar-refractivity contribution in [3.05, 3.63) is 79.7 Å². The summed E-state index contributed by atoms with van der Waals surface area (Å²) >= 11 is 14.9. The second kappa shape index (κ2) is 22.6. The molecule has 16 nitrogen and oxygen atoms in total. The van der Waals surface area contributed by atoms with E-state index in [0.29, 0.717) is 85.1 Å². The molecule has 3 unspecified atom stereocenters. The maximum absolute atomic E-state index is 13.5. The van der Waals surface area contributed by atoms with Gasteiger partial charge in [0.15, 0.2) is 12.4 Å². The first-order valence-electron chi connectivity index (χ1n) is 19.1. The van der Waals surface area contributed by atoms with Crippen LogP contribution in [0.25, 0.3) is 0 Å². The highest BCUT2D eigenvalue weighted by Gasteiger charge is 2.28. The third-order valence-electron chi connectivity index (χ3n) is 9.28. The largest absolute Gasteiger partial charge is 0.447 e. The molecule has 4 aromatic rings. The number of nitrogens with zero attached hydrogens (tertiary/aromatic N) is 6. The standard InChI is InChI=1S/C38H46Cl2N8O8S2/c39-27-7-3-5-25(23-27)33(55-31(49)11-13-47-15-19-53-20-16-47)35(51)41-37-45-43-29(57-37)9-1-2-10-30-44-46-38(58-30)42-36(52)34(26-6-4-8-28(40)24-26)56-32(50)12-14-48-17-21-54-22-18-48/h3-8,23-24,31,33-34,49H,1-2,9-22H2,(H,41,45,51)(H,42,46,52). The number of benzene rings is 2. The fourth-order valence-electron chi connectivity index (χ4n) is 6.22. The van der Waals surface area contributed by atoms with Gasteiger partial charge in [-0.2, -0.15) is 0 Å². The number of ether oxygens (including phenoxy) is 4. The summed E-state index contributed by atoms with van der Waals surface area (Å²) in [5.74, 6) is -1.57. The third-order valence-corrected chi connectivity index (χ3v) is 11.5. The summed E-state index contributed by atoms with van der Waals surface area (Å²) in [6, 6.07) is 13.4. The number of esters is 1. The number of halogens is 2. The number of carbonyl (C=O) groups is 3. The summed E-state index contributed by atoms with van der Waals surface area (Å²) in [5.41, 5.74) is 0.941. The number of hydrogen-bond acceptors (Lipinski definition) is 16. The van der Waals surface area contributed by atoms with Gasteiger partial charge in [0, 0.05) is 74.1 Å². The van der Waals surface area contributed by atoms with E-state index in [1.165, 1.54) is 22.7 Å². The number of hydrogen-bond donors (Lipinski definition) is 3. The first-order chi connectivity index (χ1) is 28.2. The molecule has 2 aliphatic heterocycles. The first-order valence-corrected chi connectivity index (χ1v) is 21.5. The van der Waals surface area contributed by atoms with Gasteiger partial charge in [-0.1, -0.05) is 70.1 Å². The molecule has 2 aliphatic rings. The number of carbonyl (C=O) groups excluding carboxylic acids is 3. The van der Waals surface area contributed by atoms with Crippen molar-refractivity contribution in [2.75, 3.05) is 76.3 Å². The SMILES string of the molecule is O=C(CCN1CCOCC1)OC(C(=O)Nc1nnc(CCCCc2nnc(NC(=O)C(OC(O)CCN3CCOCC3)c3cccc(Cl)c3)s2)s1)c1cccc(Cl)c1. The van der Waals surface area contributed by atoms with E-state index < -0.39 is 36.3 Å². The summed E-state index contributed by atoms with van der Waals surface area (Å²) in [4.78, 5) is 44.0. The number of nitrogens with one attached hydrogen (secondary N) is 2. The van der Waals surface area contributed by atoms with Crippen molar-refractivity contribution in [1.29, 1.82) is 0 Å². The minimum absolute atomic E-state index is 0.126. The van der Waals surface area contributed by atoms with E-state index in [1.54, 1.807) is 48.5 Å². The summed E-state index contributed by atoms with van der Waals surface area (Å²) in [5, 5.41) is 35.9. The van der Waals surface area contributed by atoms with Crippen LogP contribution in [0, 0.1) is 0 Å². The second-order valence-corrected chi connectivity index (χ2v) is 16.6. The van der Waals surface area contributed by atoms with Gasteiger partial charge in [-0.15, -0.1) is 20.4 Å². The number of aliphatic hydroxyl groups excluding tert-OH is 1. The van der Waals surface area contributed by atoms with Gasteiger partial charge >= 0.3 is 5.97 Å². The number of unbranched alkanes of at least 4 members (excludes halogenated alkanes) is 1. The average molecular weight is 878 g/mol. The monoisotopic (exact) mass is 876 g/mol. The van der Waals surface area contributed by atoms with Crippen molar-refractivity contribution in [2.45, 2.75) is 57.0 Å². The predicted octanol–water partition coefficient (Wildman–Crippen LogP) is 4.94. The lowest BCUT2D eigenvalue weighted by atomic mass is 10.1. The summed E-state index contributed by atoms with van der Waals surface area (Å²) in [6.07, 6.45) is -0.367. The lowest BCUT2D eigenvalue weighted by molar-refractivity contribution is -0.161. The molecule has 3 N–H and O–H groups in total. The van der Waals surface area contributed by atoms with Crippen LogP contribution in [0.5, 0.6) is 0 Å². The zero-order valence-electron chi connectivity index (χ0n) is 31.7. The Morgan fingerprint density at radius 3 is 1.78 bits per heavy atom. The molecule has 2 amide bonds. The maximum atomic E-state index is 13.5. The quantitative estimate of drug-likeness (QED) is 0.0615. The molecule has 20 heteroatoms. The van der Waals surface area contributed by atoms with Crippen LogP contribution in [0.2, 0.25) is 10.0 Å². The highest BCUT2D eigenvalue weighted by atomic mass is 35.5. The average Bonchev–Trinajstić information content (AvgIpc) is 3.88. The topological polar surface area (TPSA) is 190 Å². The van der Waals surface area contributed by atoms with Gasteiger partial charge in [0.2, 0.25) is 16.4 Å². The lowest BCUT2D eigenvalue weighted by Crippen LogP contribution is -2.38. The molecule has 2 aromatic heterocycles. The van der Waals surface area contributed by atoms with Crippen molar-refractivity contribution in [2.24, 2.45) is 0 Å². The molecular weight excluding hydrogens is 832 g/mol. The van der Waals surface area contributed by atoms with Crippen LogP contribution in [0.1, 0.15) is 59.0 Å². The number of aryl methyl sites for hydroxylation is 2. The molecular formula is C38H46Cl2N8O8S2. The first kappa shape index (κ1) is 43.9. The van der Waals surface area contributed by atoms with E-state index in [0.717, 1.165) is 49.0 Å². The van der Waals surface area contributed by atoms with Crippen molar-refractivity contribution < 1.29 is 38.4 Å². The molecule has 0 bridgehead atoms. The Morgan fingerprint density at radius 2 is 1.24 bits per heavy atom. The van der Waals surface area contributed by atoms with Gasteiger partial charge in [-0.05, 0) is 42.7 Å². The second-order valence-electron chi connectivity index (χ2n) is 13.6. The van der Waals surface area contributed by atoms with Crippen molar-refractivity contribution in [3.63, 3.8) is 0 Å². The molecule has 2 aromatic carbocycles. The van der Waals surface area contributed by atoms with Crippen LogP contribution in [0.15, 0.2) is 48.5 Å². The molecule has 2 fully saturated rings. The Bertz CT molecular complexity index is 1940. The van der Waals surface area contributed by atoms with E-state index in [9.17, 15) is 19.5 Å². The van der Waals surface area contributed by atoms with Gasteiger partial charge in [-0.25, -0.2) is 0 Å². The van der Waals surface area contributed by atoms with Gasteiger partial charge in [0.25, 0.3) is 11.8 Å². The van der Waals surface area contributed by atoms with Gasteiger partial charge in [-0.3, -0.25) is 34.8 Å². The molecule has 4 heterocycles.